The Balaban J connectivity index is 2.75. The molecule has 30 heavy (non-hydrogen) atoms. The fraction of sp³-hybridized carbons (Fsp3) is 0.550. The summed E-state index contributed by atoms with van der Waals surface area (Å²) in [6.45, 7) is 5.83. The van der Waals surface area contributed by atoms with Crippen LogP contribution in [-0.2, 0) is 42.9 Å². The number of rotatable bonds is 8. The van der Waals surface area contributed by atoms with E-state index in [1.165, 1.54) is 27.7 Å². The molecule has 10 heteroatoms. The molecule has 0 amide bonds. The number of Topliss-reactive ketones (excluding diaryl/α,β-unsaturated/α-hetero) is 1. The standard InChI is InChI=1S/C20H24O10/c1-5-27-17(23)11-9-10(13(15(11)21)19(25)29-7-3)14(20(26)30-8-4)16(22)12(9)18(24)28-6-2/h9,11,14,22H,5-8H2,1-4H3/t9-,11+,14-/m0/s1. The summed E-state index contributed by atoms with van der Waals surface area (Å²) in [6, 6.07) is 0. The predicted octanol–water partition coefficient (Wildman–Crippen LogP) is 0.792. The molecule has 10 nitrogen and oxygen atoms in total. The smallest absolute Gasteiger partial charge is 0.341 e. The number of fused-ring (bicyclic) bond motifs is 1. The van der Waals surface area contributed by atoms with Crippen molar-refractivity contribution in [3.63, 3.8) is 0 Å². The Bertz CT molecular complexity index is 835. The van der Waals surface area contributed by atoms with E-state index in [4.69, 9.17) is 18.9 Å². The van der Waals surface area contributed by atoms with E-state index in [0.29, 0.717) is 0 Å². The van der Waals surface area contributed by atoms with Crippen LogP contribution in [0.4, 0.5) is 0 Å². The van der Waals surface area contributed by atoms with Gasteiger partial charge in [0.2, 0.25) is 0 Å². The molecule has 0 aromatic heterocycles. The summed E-state index contributed by atoms with van der Waals surface area (Å²) in [7, 11) is 0. The number of hydrogen-bond acceptors (Lipinski definition) is 10. The quantitative estimate of drug-likeness (QED) is 0.257. The maximum Gasteiger partial charge on any atom is 0.341 e. The van der Waals surface area contributed by atoms with Gasteiger partial charge in [0, 0.05) is 5.92 Å². The van der Waals surface area contributed by atoms with E-state index in [1.54, 1.807) is 0 Å². The number of carbonyl (C=O) groups excluding carboxylic acids is 5. The highest BCUT2D eigenvalue weighted by atomic mass is 16.5. The number of hydrogen-bond donors (Lipinski definition) is 1. The minimum Gasteiger partial charge on any atom is -0.510 e. The first-order chi connectivity index (χ1) is 14.3. The topological polar surface area (TPSA) is 143 Å². The van der Waals surface area contributed by atoms with Crippen molar-refractivity contribution in [2.75, 3.05) is 26.4 Å². The van der Waals surface area contributed by atoms with Crippen molar-refractivity contribution in [3.05, 3.63) is 22.5 Å². The van der Waals surface area contributed by atoms with Crippen molar-refractivity contribution < 1.29 is 48.0 Å². The summed E-state index contributed by atoms with van der Waals surface area (Å²) in [5.41, 5.74) is -1.23. The molecule has 0 unspecified atom stereocenters. The highest BCUT2D eigenvalue weighted by Crippen LogP contribution is 2.52. The van der Waals surface area contributed by atoms with Gasteiger partial charge in [-0.05, 0) is 33.3 Å². The van der Waals surface area contributed by atoms with Crippen LogP contribution in [0.5, 0.6) is 0 Å². The van der Waals surface area contributed by atoms with Crippen molar-refractivity contribution in [2.24, 2.45) is 17.8 Å². The zero-order chi connectivity index (χ0) is 22.6. The van der Waals surface area contributed by atoms with Gasteiger partial charge in [0.1, 0.15) is 23.2 Å². The third kappa shape index (κ3) is 3.81. The lowest BCUT2D eigenvalue weighted by Crippen LogP contribution is -2.32. The van der Waals surface area contributed by atoms with E-state index in [0.717, 1.165) is 0 Å². The van der Waals surface area contributed by atoms with Gasteiger partial charge >= 0.3 is 23.9 Å². The Labute approximate surface area is 172 Å². The van der Waals surface area contributed by atoms with Crippen LogP contribution in [0.25, 0.3) is 0 Å². The second kappa shape index (κ2) is 9.55. The van der Waals surface area contributed by atoms with Gasteiger partial charge in [0.05, 0.1) is 32.0 Å². The van der Waals surface area contributed by atoms with Crippen molar-refractivity contribution in [2.45, 2.75) is 27.7 Å². The van der Waals surface area contributed by atoms with Crippen molar-refractivity contribution in [3.8, 4) is 0 Å². The number of esters is 4. The third-order valence-electron chi connectivity index (χ3n) is 4.70. The molecule has 0 saturated heterocycles. The Kier molecular flexibility index (Phi) is 7.36. The van der Waals surface area contributed by atoms with Gasteiger partial charge in [-0.25, -0.2) is 9.59 Å². The van der Waals surface area contributed by atoms with Gasteiger partial charge in [-0.15, -0.1) is 0 Å². The van der Waals surface area contributed by atoms with Crippen molar-refractivity contribution >= 4 is 29.7 Å². The molecule has 2 aliphatic rings. The minimum absolute atomic E-state index is 0.0563. The van der Waals surface area contributed by atoms with Gasteiger partial charge in [0.15, 0.2) is 5.78 Å². The summed E-state index contributed by atoms with van der Waals surface area (Å²) in [5, 5.41) is 10.7. The third-order valence-corrected chi connectivity index (χ3v) is 4.70. The van der Waals surface area contributed by atoms with Crippen LogP contribution in [0, 0.1) is 17.8 Å². The van der Waals surface area contributed by atoms with Gasteiger partial charge in [-0.2, -0.15) is 0 Å². The van der Waals surface area contributed by atoms with Crippen LogP contribution in [0.3, 0.4) is 0 Å². The molecule has 0 radical (unpaired) electrons. The summed E-state index contributed by atoms with van der Waals surface area (Å²) >= 11 is 0. The number of carbonyl (C=O) groups is 5. The molecule has 0 spiro atoms. The Morgan fingerprint density at radius 2 is 1.30 bits per heavy atom. The lowest BCUT2D eigenvalue weighted by molar-refractivity contribution is -0.152. The molecular weight excluding hydrogens is 400 g/mol. The average molecular weight is 424 g/mol. The molecule has 0 aromatic rings. The molecule has 0 saturated carbocycles. The first kappa shape index (κ1) is 23.1. The van der Waals surface area contributed by atoms with Gasteiger partial charge in [-0.1, -0.05) is 0 Å². The van der Waals surface area contributed by atoms with E-state index in [2.05, 4.69) is 0 Å². The second-order valence-electron chi connectivity index (χ2n) is 6.33. The zero-order valence-corrected chi connectivity index (χ0v) is 17.2. The first-order valence-corrected chi connectivity index (χ1v) is 9.65. The maximum atomic E-state index is 13.0. The molecule has 0 aliphatic heterocycles. The lowest BCUT2D eigenvalue weighted by Gasteiger charge is -2.18. The van der Waals surface area contributed by atoms with Gasteiger partial charge in [-0.3, -0.25) is 14.4 Å². The van der Waals surface area contributed by atoms with Crippen LogP contribution in [-0.4, -0.2) is 61.2 Å². The Morgan fingerprint density at radius 3 is 1.83 bits per heavy atom. The highest BCUT2D eigenvalue weighted by Gasteiger charge is 2.61. The summed E-state index contributed by atoms with van der Waals surface area (Å²) in [6.07, 6.45) is 0. The SMILES string of the molecule is CCOC(=O)C1=C2[C@H](C(=O)OCC)C(O)=C(C(=O)OCC)[C@@H]2[C@@H](C(=O)OCC)C1=O. The molecule has 0 heterocycles. The van der Waals surface area contributed by atoms with E-state index in [-0.39, 0.29) is 32.0 Å². The summed E-state index contributed by atoms with van der Waals surface area (Å²) in [5.74, 6) is -10.4. The fourth-order valence-corrected chi connectivity index (χ4v) is 3.69. The molecule has 0 bridgehead atoms. The van der Waals surface area contributed by atoms with Crippen molar-refractivity contribution in [1.82, 2.24) is 0 Å². The van der Waals surface area contributed by atoms with Crippen molar-refractivity contribution in [1.29, 1.82) is 0 Å². The number of ketones is 1. The summed E-state index contributed by atoms with van der Waals surface area (Å²) in [4.78, 5) is 63.3. The molecule has 0 fully saturated rings. The van der Waals surface area contributed by atoms with Gasteiger partial charge in [0.25, 0.3) is 0 Å². The lowest BCUT2D eigenvalue weighted by atomic mass is 9.86. The molecular formula is C20H24O10. The minimum atomic E-state index is -1.64. The highest BCUT2D eigenvalue weighted by molar-refractivity contribution is 6.27. The molecule has 3 atom stereocenters. The van der Waals surface area contributed by atoms with E-state index in [9.17, 15) is 29.1 Å². The fourth-order valence-electron chi connectivity index (χ4n) is 3.69. The van der Waals surface area contributed by atoms with Crippen LogP contribution < -0.4 is 0 Å². The summed E-state index contributed by atoms with van der Waals surface area (Å²) < 4.78 is 19.8. The molecule has 2 aliphatic carbocycles. The second-order valence-corrected chi connectivity index (χ2v) is 6.33. The van der Waals surface area contributed by atoms with E-state index in [1.807, 2.05) is 0 Å². The average Bonchev–Trinajstić information content (AvgIpc) is 3.11. The number of ether oxygens (including phenoxy) is 4. The Hall–Kier alpha value is -3.17. The molecule has 2 rings (SSSR count). The molecule has 1 N–H and O–H groups in total. The largest absolute Gasteiger partial charge is 0.510 e. The first-order valence-electron chi connectivity index (χ1n) is 9.65. The number of aliphatic hydroxyl groups excluding tert-OH is 1. The van der Waals surface area contributed by atoms with Crippen LogP contribution in [0.15, 0.2) is 22.5 Å². The zero-order valence-electron chi connectivity index (χ0n) is 17.2. The van der Waals surface area contributed by atoms with Crippen LogP contribution in [0.2, 0.25) is 0 Å². The van der Waals surface area contributed by atoms with Crippen LogP contribution in [0.1, 0.15) is 27.7 Å². The van der Waals surface area contributed by atoms with E-state index >= 15 is 0 Å². The van der Waals surface area contributed by atoms with Crippen LogP contribution >= 0.6 is 0 Å². The number of aliphatic hydroxyl groups is 1. The molecule has 164 valence electrons. The monoisotopic (exact) mass is 424 g/mol. The Morgan fingerprint density at radius 1 is 0.800 bits per heavy atom. The maximum absolute atomic E-state index is 13.0. The predicted molar refractivity (Wildman–Crippen MR) is 98.7 cm³/mol. The van der Waals surface area contributed by atoms with E-state index < -0.39 is 64.3 Å². The normalized spacial score (nSPS) is 22.7. The molecule has 0 aromatic carbocycles. The van der Waals surface area contributed by atoms with Gasteiger partial charge < -0.3 is 24.1 Å².